The van der Waals surface area contributed by atoms with Crippen LogP contribution < -0.4 is 0 Å². The summed E-state index contributed by atoms with van der Waals surface area (Å²) >= 11 is 0. The predicted molar refractivity (Wildman–Crippen MR) is 61.4 cm³/mol. The topological polar surface area (TPSA) is 51.7 Å². The Morgan fingerprint density at radius 1 is 1.71 bits per heavy atom. The average molecular weight is 236 g/mol. The summed E-state index contributed by atoms with van der Waals surface area (Å²) in [5.41, 5.74) is 1.00. The Morgan fingerprint density at radius 3 is 3.29 bits per heavy atom. The highest BCUT2D eigenvalue weighted by atomic mass is 16.5. The Hall–Kier alpha value is -1.46. The largest absolute Gasteiger partial charge is 0.375 e. The zero-order valence-electron chi connectivity index (χ0n) is 9.83. The van der Waals surface area contributed by atoms with E-state index in [2.05, 4.69) is 4.98 Å². The number of aromatic nitrogens is 1. The molecule has 0 radical (unpaired) electrons. The Labute approximate surface area is 100 Å². The fraction of sp³-hybridized carbons (Fsp3) is 0.500. The van der Waals surface area contributed by atoms with Crippen molar-refractivity contribution in [2.24, 2.45) is 0 Å². The second-order valence-corrected chi connectivity index (χ2v) is 3.92. The third-order valence-corrected chi connectivity index (χ3v) is 2.74. The number of hydrogen-bond acceptors (Lipinski definition) is 4. The molecule has 1 aliphatic heterocycles. The third-order valence-electron chi connectivity index (χ3n) is 2.74. The van der Waals surface area contributed by atoms with E-state index in [1.54, 1.807) is 17.3 Å². The first-order valence-electron chi connectivity index (χ1n) is 5.59. The van der Waals surface area contributed by atoms with Gasteiger partial charge in [0.25, 0.3) is 0 Å². The number of pyridine rings is 1. The molecule has 1 saturated heterocycles. The van der Waals surface area contributed by atoms with E-state index in [1.807, 2.05) is 12.1 Å². The van der Waals surface area contributed by atoms with E-state index in [0.29, 0.717) is 19.7 Å². The number of morpholine rings is 1. The monoisotopic (exact) mass is 236 g/mol. The number of amides is 1. The van der Waals surface area contributed by atoms with Crippen LogP contribution in [0.15, 0.2) is 24.5 Å². The van der Waals surface area contributed by atoms with Gasteiger partial charge in [0.1, 0.15) is 12.7 Å². The van der Waals surface area contributed by atoms with Crippen LogP contribution in [-0.4, -0.2) is 49.2 Å². The fourth-order valence-electron chi connectivity index (χ4n) is 1.86. The number of ether oxygens (including phenoxy) is 2. The van der Waals surface area contributed by atoms with Crippen LogP contribution in [-0.2, 0) is 14.3 Å². The molecular weight excluding hydrogens is 220 g/mol. The molecule has 17 heavy (non-hydrogen) atoms. The van der Waals surface area contributed by atoms with Crippen LogP contribution in [0.25, 0.3) is 0 Å². The highest BCUT2D eigenvalue weighted by molar-refractivity contribution is 5.77. The highest BCUT2D eigenvalue weighted by Crippen LogP contribution is 2.21. The molecule has 1 amide bonds. The van der Waals surface area contributed by atoms with Gasteiger partial charge in [0, 0.05) is 31.6 Å². The van der Waals surface area contributed by atoms with Gasteiger partial charge in [-0.25, -0.2) is 0 Å². The van der Waals surface area contributed by atoms with E-state index >= 15 is 0 Å². The molecule has 0 saturated carbocycles. The van der Waals surface area contributed by atoms with Crippen LogP contribution in [0.4, 0.5) is 0 Å². The van der Waals surface area contributed by atoms with E-state index in [4.69, 9.17) is 9.47 Å². The molecule has 2 heterocycles. The van der Waals surface area contributed by atoms with Crippen molar-refractivity contribution in [2.75, 3.05) is 33.4 Å². The number of methoxy groups -OCH3 is 1. The maximum Gasteiger partial charge on any atom is 0.248 e. The van der Waals surface area contributed by atoms with Gasteiger partial charge in [0.05, 0.1) is 13.2 Å². The van der Waals surface area contributed by atoms with E-state index in [1.165, 1.54) is 7.11 Å². The van der Waals surface area contributed by atoms with Crippen LogP contribution in [0.1, 0.15) is 11.7 Å². The Kier molecular flexibility index (Phi) is 4.06. The molecule has 0 aromatic carbocycles. The number of rotatable bonds is 3. The fourth-order valence-corrected chi connectivity index (χ4v) is 1.86. The lowest BCUT2D eigenvalue weighted by Gasteiger charge is -2.32. The SMILES string of the molecule is COCC(=O)N1CCO[C@@H](c2cccnc2)C1. The molecule has 0 unspecified atom stereocenters. The lowest BCUT2D eigenvalue weighted by molar-refractivity contribution is -0.142. The number of carbonyl (C=O) groups is 1. The van der Waals surface area contributed by atoms with Gasteiger partial charge in [-0.3, -0.25) is 9.78 Å². The van der Waals surface area contributed by atoms with Gasteiger partial charge < -0.3 is 14.4 Å². The highest BCUT2D eigenvalue weighted by Gasteiger charge is 2.25. The minimum atomic E-state index is -0.0849. The summed E-state index contributed by atoms with van der Waals surface area (Å²) in [7, 11) is 1.52. The summed E-state index contributed by atoms with van der Waals surface area (Å²) in [4.78, 5) is 17.5. The van der Waals surface area contributed by atoms with E-state index < -0.39 is 0 Å². The zero-order valence-corrected chi connectivity index (χ0v) is 9.83. The van der Waals surface area contributed by atoms with Crippen molar-refractivity contribution in [2.45, 2.75) is 6.10 Å². The van der Waals surface area contributed by atoms with Crippen LogP contribution in [0.3, 0.4) is 0 Å². The predicted octanol–water partition coefficient (Wildman–Crippen LogP) is 0.628. The molecule has 1 aromatic heterocycles. The summed E-state index contributed by atoms with van der Waals surface area (Å²) in [5.74, 6) is 0.00434. The van der Waals surface area contributed by atoms with Gasteiger partial charge in [-0.15, -0.1) is 0 Å². The molecular formula is C12H16N2O3. The minimum Gasteiger partial charge on any atom is -0.375 e. The van der Waals surface area contributed by atoms with E-state index in [0.717, 1.165) is 5.56 Å². The van der Waals surface area contributed by atoms with Gasteiger partial charge in [0.2, 0.25) is 5.91 Å². The molecule has 5 nitrogen and oxygen atoms in total. The second-order valence-electron chi connectivity index (χ2n) is 3.92. The summed E-state index contributed by atoms with van der Waals surface area (Å²) in [6.07, 6.45) is 3.41. The average Bonchev–Trinajstić information content (AvgIpc) is 2.40. The van der Waals surface area contributed by atoms with Crippen molar-refractivity contribution < 1.29 is 14.3 Å². The van der Waals surface area contributed by atoms with Crippen molar-refractivity contribution in [3.63, 3.8) is 0 Å². The number of carbonyl (C=O) groups excluding carboxylic acids is 1. The quantitative estimate of drug-likeness (QED) is 0.772. The van der Waals surface area contributed by atoms with E-state index in [9.17, 15) is 4.79 Å². The molecule has 1 aliphatic rings. The first-order valence-corrected chi connectivity index (χ1v) is 5.59. The van der Waals surface area contributed by atoms with Crippen molar-refractivity contribution >= 4 is 5.91 Å². The summed E-state index contributed by atoms with van der Waals surface area (Å²) < 4.78 is 10.5. The second kappa shape index (κ2) is 5.75. The first kappa shape index (κ1) is 12.0. The smallest absolute Gasteiger partial charge is 0.248 e. The van der Waals surface area contributed by atoms with Crippen molar-refractivity contribution in [1.29, 1.82) is 0 Å². The summed E-state index contributed by atoms with van der Waals surface area (Å²) in [6.45, 7) is 1.86. The molecule has 1 aromatic rings. The summed E-state index contributed by atoms with van der Waals surface area (Å²) in [6, 6.07) is 3.83. The van der Waals surface area contributed by atoms with Gasteiger partial charge in [-0.2, -0.15) is 0 Å². The minimum absolute atomic E-state index is 0.00434. The number of hydrogen-bond donors (Lipinski definition) is 0. The molecule has 0 bridgehead atoms. The third kappa shape index (κ3) is 3.01. The van der Waals surface area contributed by atoms with Gasteiger partial charge in [-0.1, -0.05) is 6.07 Å². The molecule has 0 spiro atoms. The van der Waals surface area contributed by atoms with E-state index in [-0.39, 0.29) is 18.6 Å². The van der Waals surface area contributed by atoms with Crippen LogP contribution in [0.5, 0.6) is 0 Å². The molecule has 2 rings (SSSR count). The van der Waals surface area contributed by atoms with Crippen LogP contribution in [0, 0.1) is 0 Å². The molecule has 5 heteroatoms. The standard InChI is InChI=1S/C12H16N2O3/c1-16-9-12(15)14-5-6-17-11(8-14)10-3-2-4-13-7-10/h2-4,7,11H,5-6,8-9H2,1H3/t11-/m1/s1. The zero-order chi connectivity index (χ0) is 12.1. The van der Waals surface area contributed by atoms with Crippen LogP contribution in [0.2, 0.25) is 0 Å². The lowest BCUT2D eigenvalue weighted by atomic mass is 10.1. The molecule has 1 atom stereocenters. The molecule has 1 fully saturated rings. The Balaban J connectivity index is 2.00. The Morgan fingerprint density at radius 2 is 2.59 bits per heavy atom. The van der Waals surface area contributed by atoms with Crippen LogP contribution >= 0.6 is 0 Å². The van der Waals surface area contributed by atoms with Crippen molar-refractivity contribution in [3.05, 3.63) is 30.1 Å². The lowest BCUT2D eigenvalue weighted by Crippen LogP contribution is -2.43. The first-order chi connectivity index (χ1) is 8.31. The van der Waals surface area contributed by atoms with Gasteiger partial charge >= 0.3 is 0 Å². The molecule has 0 N–H and O–H groups in total. The van der Waals surface area contributed by atoms with Gasteiger partial charge in [0.15, 0.2) is 0 Å². The maximum atomic E-state index is 11.7. The van der Waals surface area contributed by atoms with Gasteiger partial charge in [-0.05, 0) is 6.07 Å². The molecule has 92 valence electrons. The van der Waals surface area contributed by atoms with Crippen molar-refractivity contribution in [1.82, 2.24) is 9.88 Å². The normalized spacial score (nSPS) is 20.3. The number of nitrogens with zero attached hydrogens (tertiary/aromatic N) is 2. The summed E-state index contributed by atoms with van der Waals surface area (Å²) in [5, 5.41) is 0. The Bertz CT molecular complexity index is 369. The van der Waals surface area contributed by atoms with Crippen molar-refractivity contribution in [3.8, 4) is 0 Å². The maximum absolute atomic E-state index is 11.7. The molecule has 0 aliphatic carbocycles.